The molecule has 114 valence electrons. The molecule has 1 aromatic carbocycles. The maximum atomic E-state index is 12.2. The highest BCUT2D eigenvalue weighted by Crippen LogP contribution is 2.31. The van der Waals surface area contributed by atoms with Gasteiger partial charge in [-0.1, -0.05) is 12.1 Å². The van der Waals surface area contributed by atoms with Gasteiger partial charge >= 0.3 is 5.97 Å². The van der Waals surface area contributed by atoms with Gasteiger partial charge in [-0.05, 0) is 49.8 Å². The lowest BCUT2D eigenvalue weighted by atomic mass is 10.0. The molecule has 0 radical (unpaired) electrons. The summed E-state index contributed by atoms with van der Waals surface area (Å²) in [5.74, 6) is -1.52. The van der Waals surface area contributed by atoms with E-state index in [0.29, 0.717) is 25.7 Å². The summed E-state index contributed by atoms with van der Waals surface area (Å²) in [5, 5.41) is 20.7. The quantitative estimate of drug-likeness (QED) is 0.748. The van der Waals surface area contributed by atoms with E-state index in [1.807, 2.05) is 24.3 Å². The van der Waals surface area contributed by atoms with Crippen molar-refractivity contribution in [1.29, 1.82) is 0 Å². The van der Waals surface area contributed by atoms with Gasteiger partial charge in [-0.25, -0.2) is 0 Å². The van der Waals surface area contributed by atoms with Crippen LogP contribution >= 0.6 is 0 Å². The molecule has 0 bridgehead atoms. The SMILES string of the molecule is O=C(O)C1CCC(C(=O)Nc2cccc(CCCO)c2)C1. The van der Waals surface area contributed by atoms with Crippen molar-refractivity contribution in [1.82, 2.24) is 0 Å². The van der Waals surface area contributed by atoms with E-state index in [4.69, 9.17) is 10.2 Å². The van der Waals surface area contributed by atoms with Crippen LogP contribution < -0.4 is 5.32 Å². The van der Waals surface area contributed by atoms with Gasteiger partial charge in [0.1, 0.15) is 0 Å². The minimum absolute atomic E-state index is 0.0990. The van der Waals surface area contributed by atoms with Crippen molar-refractivity contribution < 1.29 is 19.8 Å². The number of aliphatic hydroxyl groups excluding tert-OH is 1. The Morgan fingerprint density at radius 2 is 2.00 bits per heavy atom. The number of rotatable bonds is 6. The van der Waals surface area contributed by atoms with E-state index in [9.17, 15) is 9.59 Å². The van der Waals surface area contributed by atoms with Gasteiger partial charge in [-0.15, -0.1) is 0 Å². The predicted molar refractivity (Wildman–Crippen MR) is 78.9 cm³/mol. The molecule has 3 N–H and O–H groups in total. The largest absolute Gasteiger partial charge is 0.481 e. The highest BCUT2D eigenvalue weighted by molar-refractivity contribution is 5.93. The number of nitrogens with one attached hydrogen (secondary N) is 1. The number of carboxylic acid groups (broad SMARTS) is 1. The second-order valence-corrected chi connectivity index (χ2v) is 5.56. The van der Waals surface area contributed by atoms with Crippen molar-refractivity contribution in [2.75, 3.05) is 11.9 Å². The van der Waals surface area contributed by atoms with E-state index in [-0.39, 0.29) is 18.4 Å². The number of hydrogen-bond donors (Lipinski definition) is 3. The Balaban J connectivity index is 1.92. The number of carbonyl (C=O) groups is 2. The summed E-state index contributed by atoms with van der Waals surface area (Å²) >= 11 is 0. The lowest BCUT2D eigenvalue weighted by Gasteiger charge is -2.11. The van der Waals surface area contributed by atoms with E-state index in [0.717, 1.165) is 17.7 Å². The van der Waals surface area contributed by atoms with Crippen LogP contribution in [0, 0.1) is 11.8 Å². The van der Waals surface area contributed by atoms with Crippen LogP contribution in [-0.2, 0) is 16.0 Å². The Morgan fingerprint density at radius 1 is 1.24 bits per heavy atom. The van der Waals surface area contributed by atoms with Crippen molar-refractivity contribution in [3.63, 3.8) is 0 Å². The second-order valence-electron chi connectivity index (χ2n) is 5.56. The van der Waals surface area contributed by atoms with Crippen LogP contribution in [0.3, 0.4) is 0 Å². The number of anilines is 1. The highest BCUT2D eigenvalue weighted by atomic mass is 16.4. The van der Waals surface area contributed by atoms with Crippen LogP contribution in [0.5, 0.6) is 0 Å². The first-order valence-corrected chi connectivity index (χ1v) is 7.33. The van der Waals surface area contributed by atoms with Gasteiger partial charge in [0, 0.05) is 18.2 Å². The first-order chi connectivity index (χ1) is 10.1. The lowest BCUT2D eigenvalue weighted by molar-refractivity contribution is -0.141. The van der Waals surface area contributed by atoms with Crippen LogP contribution in [0.25, 0.3) is 0 Å². The molecule has 1 amide bonds. The number of carboxylic acids is 1. The van der Waals surface area contributed by atoms with Crippen molar-refractivity contribution in [2.45, 2.75) is 32.1 Å². The third-order valence-corrected chi connectivity index (χ3v) is 3.97. The van der Waals surface area contributed by atoms with E-state index >= 15 is 0 Å². The molecule has 1 aliphatic carbocycles. The number of hydrogen-bond acceptors (Lipinski definition) is 3. The Kier molecular flexibility index (Phi) is 5.33. The molecule has 2 unspecified atom stereocenters. The number of aryl methyl sites for hydroxylation is 1. The topological polar surface area (TPSA) is 86.6 Å². The van der Waals surface area contributed by atoms with Gasteiger partial charge in [-0.3, -0.25) is 9.59 Å². The van der Waals surface area contributed by atoms with Crippen molar-refractivity contribution in [3.05, 3.63) is 29.8 Å². The molecule has 5 nitrogen and oxygen atoms in total. The molecule has 0 aromatic heterocycles. The third kappa shape index (κ3) is 4.29. The molecule has 1 saturated carbocycles. The molecule has 0 aliphatic heterocycles. The molecule has 0 saturated heterocycles. The van der Waals surface area contributed by atoms with E-state index < -0.39 is 11.9 Å². The zero-order valence-corrected chi connectivity index (χ0v) is 11.9. The summed E-state index contributed by atoms with van der Waals surface area (Å²) in [6, 6.07) is 7.56. The highest BCUT2D eigenvalue weighted by Gasteiger charge is 2.33. The normalized spacial score (nSPS) is 21.2. The Hall–Kier alpha value is -1.88. The minimum Gasteiger partial charge on any atom is -0.481 e. The molecule has 2 atom stereocenters. The van der Waals surface area contributed by atoms with Crippen LogP contribution in [0.15, 0.2) is 24.3 Å². The van der Waals surface area contributed by atoms with Crippen LogP contribution in [-0.4, -0.2) is 28.7 Å². The number of benzene rings is 1. The first kappa shape index (κ1) is 15.5. The smallest absolute Gasteiger partial charge is 0.306 e. The van der Waals surface area contributed by atoms with Crippen LogP contribution in [0.1, 0.15) is 31.2 Å². The van der Waals surface area contributed by atoms with Crippen molar-refractivity contribution in [3.8, 4) is 0 Å². The molecule has 2 rings (SSSR count). The Morgan fingerprint density at radius 3 is 2.67 bits per heavy atom. The molecule has 1 aromatic rings. The molecule has 5 heteroatoms. The van der Waals surface area contributed by atoms with E-state index in [1.54, 1.807) is 0 Å². The standard InChI is InChI=1S/C16H21NO4/c18-8-2-4-11-3-1-5-14(9-11)17-15(19)12-6-7-13(10-12)16(20)21/h1,3,5,9,12-13,18H,2,4,6-8,10H2,(H,17,19)(H,20,21). The lowest BCUT2D eigenvalue weighted by Crippen LogP contribution is -2.21. The van der Waals surface area contributed by atoms with Gasteiger partial charge in [-0.2, -0.15) is 0 Å². The summed E-state index contributed by atoms with van der Waals surface area (Å²) in [5.41, 5.74) is 1.80. The van der Waals surface area contributed by atoms with Crippen molar-refractivity contribution in [2.24, 2.45) is 11.8 Å². The second kappa shape index (κ2) is 7.22. The number of aliphatic carboxylic acids is 1. The molecule has 21 heavy (non-hydrogen) atoms. The zero-order valence-electron chi connectivity index (χ0n) is 11.9. The molecule has 1 fully saturated rings. The van der Waals surface area contributed by atoms with Gasteiger partial charge in [0.2, 0.25) is 5.91 Å². The number of amides is 1. The molecular formula is C16H21NO4. The Labute approximate surface area is 124 Å². The summed E-state index contributed by atoms with van der Waals surface area (Å²) in [4.78, 5) is 23.1. The molecule has 0 heterocycles. The third-order valence-electron chi connectivity index (χ3n) is 3.97. The minimum atomic E-state index is -0.809. The summed E-state index contributed by atoms with van der Waals surface area (Å²) < 4.78 is 0. The van der Waals surface area contributed by atoms with Gasteiger partial charge in [0.15, 0.2) is 0 Å². The first-order valence-electron chi connectivity index (χ1n) is 7.33. The van der Waals surface area contributed by atoms with Gasteiger partial charge in [0.05, 0.1) is 5.92 Å². The summed E-state index contributed by atoms with van der Waals surface area (Å²) in [6.45, 7) is 0.148. The van der Waals surface area contributed by atoms with E-state index in [2.05, 4.69) is 5.32 Å². The fourth-order valence-electron chi connectivity index (χ4n) is 2.78. The fraction of sp³-hybridized carbons (Fsp3) is 0.500. The van der Waals surface area contributed by atoms with Gasteiger partial charge < -0.3 is 15.5 Å². The van der Waals surface area contributed by atoms with Crippen LogP contribution in [0.2, 0.25) is 0 Å². The van der Waals surface area contributed by atoms with Crippen LogP contribution in [0.4, 0.5) is 5.69 Å². The molecule has 1 aliphatic rings. The molecule has 0 spiro atoms. The molecular weight excluding hydrogens is 270 g/mol. The fourth-order valence-corrected chi connectivity index (χ4v) is 2.78. The summed E-state index contributed by atoms with van der Waals surface area (Å²) in [6.07, 6.45) is 3.09. The predicted octanol–water partition coefficient (Wildman–Crippen LogP) is 2.05. The Bertz CT molecular complexity index is 515. The maximum absolute atomic E-state index is 12.2. The van der Waals surface area contributed by atoms with Crippen molar-refractivity contribution >= 4 is 17.6 Å². The van der Waals surface area contributed by atoms with Gasteiger partial charge in [0.25, 0.3) is 0 Å². The average Bonchev–Trinajstić information content (AvgIpc) is 2.95. The maximum Gasteiger partial charge on any atom is 0.306 e. The van der Waals surface area contributed by atoms with E-state index in [1.165, 1.54) is 0 Å². The zero-order chi connectivity index (χ0) is 15.2. The summed E-state index contributed by atoms with van der Waals surface area (Å²) in [7, 11) is 0. The average molecular weight is 291 g/mol. The number of carbonyl (C=O) groups excluding carboxylic acids is 1. The monoisotopic (exact) mass is 291 g/mol. The number of aliphatic hydroxyl groups is 1.